The molecule has 3 aromatic carbocycles. The summed E-state index contributed by atoms with van der Waals surface area (Å²) in [4.78, 5) is 11.4. The van der Waals surface area contributed by atoms with Crippen LogP contribution in [0.15, 0.2) is 60.7 Å². The van der Waals surface area contributed by atoms with Crippen molar-refractivity contribution in [2.75, 3.05) is 13.2 Å². The van der Waals surface area contributed by atoms with Crippen molar-refractivity contribution in [1.82, 2.24) is 0 Å². The Labute approximate surface area is 156 Å². The minimum atomic E-state index is -0.963. The summed E-state index contributed by atoms with van der Waals surface area (Å²) in [7, 11) is 0. The standard InChI is InChI=1S/C21H19ClO4/c1-13(2)21(24)26-12-16(23)11-25-20-17-8-4-3-6-14(17)10-15-7-5-9-18(22)19(15)20/h3-10,16,23H,1,11-12H2,2H3. The number of rotatable bonds is 6. The van der Waals surface area contributed by atoms with Gasteiger partial charge in [0.1, 0.15) is 25.1 Å². The molecular weight excluding hydrogens is 352 g/mol. The highest BCUT2D eigenvalue weighted by atomic mass is 35.5. The molecule has 0 fully saturated rings. The fourth-order valence-corrected chi connectivity index (χ4v) is 2.97. The van der Waals surface area contributed by atoms with Gasteiger partial charge in [-0.05, 0) is 29.8 Å². The number of hydrogen-bond acceptors (Lipinski definition) is 4. The van der Waals surface area contributed by atoms with Crippen molar-refractivity contribution in [3.8, 4) is 5.75 Å². The maximum Gasteiger partial charge on any atom is 0.333 e. The van der Waals surface area contributed by atoms with Crippen LogP contribution in [0.3, 0.4) is 0 Å². The molecule has 0 amide bonds. The summed E-state index contributed by atoms with van der Waals surface area (Å²) in [6.45, 7) is 4.86. The van der Waals surface area contributed by atoms with E-state index in [1.165, 1.54) is 0 Å². The van der Waals surface area contributed by atoms with Crippen molar-refractivity contribution >= 4 is 39.1 Å². The SMILES string of the molecule is C=C(C)C(=O)OCC(O)COc1c2ccccc2cc2cccc(Cl)c12. The van der Waals surface area contributed by atoms with E-state index in [2.05, 4.69) is 12.6 Å². The van der Waals surface area contributed by atoms with Crippen LogP contribution in [0, 0.1) is 0 Å². The van der Waals surface area contributed by atoms with E-state index in [1.54, 1.807) is 13.0 Å². The van der Waals surface area contributed by atoms with Gasteiger partial charge in [0.15, 0.2) is 0 Å². The van der Waals surface area contributed by atoms with Crippen LogP contribution in [0.2, 0.25) is 5.02 Å². The van der Waals surface area contributed by atoms with E-state index in [-0.39, 0.29) is 18.8 Å². The molecule has 0 aliphatic carbocycles. The largest absolute Gasteiger partial charge is 0.489 e. The highest BCUT2D eigenvalue weighted by molar-refractivity contribution is 6.36. The molecule has 1 N–H and O–H groups in total. The molecule has 1 atom stereocenters. The molecule has 5 heteroatoms. The van der Waals surface area contributed by atoms with Crippen molar-refractivity contribution in [3.63, 3.8) is 0 Å². The van der Waals surface area contributed by atoms with Gasteiger partial charge in [0.2, 0.25) is 0 Å². The number of halogens is 1. The van der Waals surface area contributed by atoms with E-state index in [4.69, 9.17) is 21.1 Å². The molecule has 3 rings (SSSR count). The van der Waals surface area contributed by atoms with E-state index in [0.717, 1.165) is 21.5 Å². The number of aliphatic hydroxyl groups is 1. The second kappa shape index (κ2) is 7.77. The summed E-state index contributed by atoms with van der Waals surface area (Å²) < 4.78 is 10.9. The summed E-state index contributed by atoms with van der Waals surface area (Å²) in [5.74, 6) is 0.0664. The fourth-order valence-electron chi connectivity index (χ4n) is 2.71. The second-order valence-corrected chi connectivity index (χ2v) is 6.52. The molecule has 26 heavy (non-hydrogen) atoms. The summed E-state index contributed by atoms with van der Waals surface area (Å²) in [5, 5.41) is 14.3. The van der Waals surface area contributed by atoms with Crippen LogP contribution in [-0.2, 0) is 9.53 Å². The summed E-state index contributed by atoms with van der Waals surface area (Å²) in [6, 6.07) is 15.5. The van der Waals surface area contributed by atoms with Gasteiger partial charge >= 0.3 is 5.97 Å². The summed E-state index contributed by atoms with van der Waals surface area (Å²) in [6.07, 6.45) is -0.963. The molecule has 0 aliphatic heterocycles. The zero-order valence-electron chi connectivity index (χ0n) is 14.4. The summed E-state index contributed by atoms with van der Waals surface area (Å²) >= 11 is 6.39. The highest BCUT2D eigenvalue weighted by Gasteiger charge is 2.15. The molecule has 0 heterocycles. The number of carbonyl (C=O) groups is 1. The smallest absolute Gasteiger partial charge is 0.333 e. The maximum absolute atomic E-state index is 11.4. The molecule has 0 bridgehead atoms. The zero-order chi connectivity index (χ0) is 18.7. The van der Waals surface area contributed by atoms with Gasteiger partial charge in [0.25, 0.3) is 0 Å². The van der Waals surface area contributed by atoms with Crippen LogP contribution in [-0.4, -0.2) is 30.4 Å². The third-order valence-corrected chi connectivity index (χ3v) is 4.28. The molecule has 0 saturated heterocycles. The lowest BCUT2D eigenvalue weighted by Crippen LogP contribution is -2.25. The molecular formula is C21H19ClO4. The minimum Gasteiger partial charge on any atom is -0.489 e. The van der Waals surface area contributed by atoms with Gasteiger partial charge in [-0.2, -0.15) is 0 Å². The van der Waals surface area contributed by atoms with Crippen LogP contribution < -0.4 is 4.74 Å². The van der Waals surface area contributed by atoms with Crippen molar-refractivity contribution in [1.29, 1.82) is 0 Å². The third-order valence-electron chi connectivity index (χ3n) is 3.96. The van der Waals surface area contributed by atoms with Gasteiger partial charge in [-0.1, -0.05) is 54.6 Å². The van der Waals surface area contributed by atoms with Gasteiger partial charge in [-0.15, -0.1) is 0 Å². The quantitative estimate of drug-likeness (QED) is 0.394. The van der Waals surface area contributed by atoms with Crippen LogP contribution in [0.25, 0.3) is 21.5 Å². The van der Waals surface area contributed by atoms with Crippen LogP contribution in [0.5, 0.6) is 5.75 Å². The Morgan fingerprint density at radius 2 is 1.88 bits per heavy atom. The predicted octanol–water partition coefficient (Wildman–Crippen LogP) is 4.51. The number of carbonyl (C=O) groups excluding carboxylic acids is 1. The van der Waals surface area contributed by atoms with Crippen LogP contribution in [0.1, 0.15) is 6.92 Å². The fraction of sp³-hybridized carbons (Fsp3) is 0.190. The van der Waals surface area contributed by atoms with Crippen molar-refractivity contribution in [2.24, 2.45) is 0 Å². The first kappa shape index (κ1) is 18.2. The normalized spacial score (nSPS) is 12.1. The van der Waals surface area contributed by atoms with E-state index in [0.29, 0.717) is 10.8 Å². The molecule has 4 nitrogen and oxygen atoms in total. The van der Waals surface area contributed by atoms with Gasteiger partial charge in [0.05, 0.1) is 5.02 Å². The Bertz CT molecular complexity index is 980. The van der Waals surface area contributed by atoms with E-state index in [9.17, 15) is 9.90 Å². The maximum atomic E-state index is 11.4. The van der Waals surface area contributed by atoms with Gasteiger partial charge < -0.3 is 14.6 Å². The van der Waals surface area contributed by atoms with E-state index < -0.39 is 12.1 Å². The number of fused-ring (bicyclic) bond motifs is 2. The minimum absolute atomic E-state index is 0.0300. The predicted molar refractivity (Wildman–Crippen MR) is 104 cm³/mol. The Hall–Kier alpha value is -2.56. The number of aliphatic hydroxyl groups excluding tert-OH is 1. The Morgan fingerprint density at radius 3 is 2.65 bits per heavy atom. The number of benzene rings is 3. The van der Waals surface area contributed by atoms with Gasteiger partial charge in [-0.3, -0.25) is 0 Å². The lowest BCUT2D eigenvalue weighted by atomic mass is 10.0. The average molecular weight is 371 g/mol. The van der Waals surface area contributed by atoms with Crippen molar-refractivity contribution in [2.45, 2.75) is 13.0 Å². The molecule has 3 aromatic rings. The van der Waals surface area contributed by atoms with Crippen LogP contribution >= 0.6 is 11.6 Å². The highest BCUT2D eigenvalue weighted by Crippen LogP contribution is 2.38. The Kier molecular flexibility index (Phi) is 5.45. The number of hydrogen-bond donors (Lipinski definition) is 1. The molecule has 1 unspecified atom stereocenters. The van der Waals surface area contributed by atoms with E-state index >= 15 is 0 Å². The third kappa shape index (κ3) is 3.82. The number of ether oxygens (including phenoxy) is 2. The molecule has 134 valence electrons. The monoisotopic (exact) mass is 370 g/mol. The average Bonchev–Trinajstić information content (AvgIpc) is 2.63. The molecule has 0 saturated carbocycles. The van der Waals surface area contributed by atoms with E-state index in [1.807, 2.05) is 36.4 Å². The Morgan fingerprint density at radius 1 is 1.15 bits per heavy atom. The lowest BCUT2D eigenvalue weighted by molar-refractivity contribution is -0.142. The lowest BCUT2D eigenvalue weighted by Gasteiger charge is -2.17. The van der Waals surface area contributed by atoms with Gasteiger partial charge in [0, 0.05) is 16.3 Å². The molecule has 0 aliphatic rings. The van der Waals surface area contributed by atoms with Gasteiger partial charge in [-0.25, -0.2) is 4.79 Å². The molecule has 0 radical (unpaired) electrons. The summed E-state index contributed by atoms with van der Waals surface area (Å²) in [5.41, 5.74) is 0.282. The first-order valence-electron chi connectivity index (χ1n) is 8.21. The topological polar surface area (TPSA) is 55.8 Å². The Balaban J connectivity index is 1.88. The molecule has 0 aromatic heterocycles. The second-order valence-electron chi connectivity index (χ2n) is 6.11. The van der Waals surface area contributed by atoms with Crippen LogP contribution in [0.4, 0.5) is 0 Å². The van der Waals surface area contributed by atoms with Crippen molar-refractivity contribution in [3.05, 3.63) is 65.7 Å². The molecule has 0 spiro atoms. The number of esters is 1. The first-order chi connectivity index (χ1) is 12.5. The van der Waals surface area contributed by atoms with Crippen molar-refractivity contribution < 1.29 is 19.4 Å². The zero-order valence-corrected chi connectivity index (χ0v) is 15.1. The first-order valence-corrected chi connectivity index (χ1v) is 8.58.